The molecule has 3 aromatic carbocycles. The van der Waals surface area contributed by atoms with E-state index in [9.17, 15) is 14.7 Å². The molecule has 3 rings (SSSR count). The minimum Gasteiger partial charge on any atom is -0.507 e. The Morgan fingerprint density at radius 2 is 1.68 bits per heavy atom. The number of hydrogen-bond acceptors (Lipinski definition) is 4. The molecule has 3 aromatic rings. The van der Waals surface area contributed by atoms with Gasteiger partial charge in [0.25, 0.3) is 5.91 Å². The number of hydrazone groups is 1. The molecule has 0 saturated carbocycles. The lowest BCUT2D eigenvalue weighted by Crippen LogP contribution is -2.21. The number of rotatable bonds is 5. The van der Waals surface area contributed by atoms with Crippen molar-refractivity contribution in [1.82, 2.24) is 5.43 Å². The van der Waals surface area contributed by atoms with Crippen LogP contribution in [-0.4, -0.2) is 22.6 Å². The van der Waals surface area contributed by atoms with Crippen molar-refractivity contribution in [3.63, 3.8) is 0 Å². The van der Waals surface area contributed by atoms with Crippen molar-refractivity contribution < 1.29 is 14.7 Å². The molecule has 0 saturated heterocycles. The smallest absolute Gasteiger partial charge is 0.275 e. The van der Waals surface area contributed by atoms with Gasteiger partial charge in [-0.3, -0.25) is 9.59 Å². The molecule has 0 atom stereocenters. The first kappa shape index (κ1) is 19.6. The van der Waals surface area contributed by atoms with E-state index in [1.54, 1.807) is 19.1 Å². The number of phenolic OH excluding ortho intramolecular Hbond substituents is 1. The van der Waals surface area contributed by atoms with Gasteiger partial charge in [0.1, 0.15) is 5.75 Å². The first-order valence-electron chi connectivity index (χ1n) is 8.53. The van der Waals surface area contributed by atoms with E-state index in [1.165, 1.54) is 6.07 Å². The fraction of sp³-hybridized carbons (Fsp3) is 0.0952. The number of benzene rings is 3. The number of nitrogens with one attached hydrogen (secondary N) is 2. The van der Waals surface area contributed by atoms with Crippen molar-refractivity contribution in [3.8, 4) is 5.75 Å². The Hall–Kier alpha value is -3.19. The molecule has 0 aromatic heterocycles. The first-order valence-corrected chi connectivity index (χ1v) is 9.33. The minimum atomic E-state index is -0.547. The lowest BCUT2D eigenvalue weighted by Gasteiger charge is -2.08. The van der Waals surface area contributed by atoms with Crippen LogP contribution in [0.3, 0.4) is 0 Å². The van der Waals surface area contributed by atoms with Gasteiger partial charge >= 0.3 is 0 Å². The van der Waals surface area contributed by atoms with Gasteiger partial charge in [0, 0.05) is 10.2 Å². The molecule has 0 aliphatic carbocycles. The maximum Gasteiger partial charge on any atom is 0.275 e. The number of carbonyl (C=O) groups excluding carboxylic acids is 2. The molecule has 28 heavy (non-hydrogen) atoms. The third kappa shape index (κ3) is 4.75. The van der Waals surface area contributed by atoms with Gasteiger partial charge < -0.3 is 10.4 Å². The number of hydrogen-bond donors (Lipinski definition) is 3. The third-order valence-corrected chi connectivity index (χ3v) is 4.71. The molecule has 0 spiro atoms. The van der Waals surface area contributed by atoms with Crippen LogP contribution in [0.25, 0.3) is 10.8 Å². The molecule has 142 valence electrons. The highest BCUT2D eigenvalue weighted by atomic mass is 79.9. The van der Waals surface area contributed by atoms with Crippen LogP contribution < -0.4 is 10.7 Å². The lowest BCUT2D eigenvalue weighted by atomic mass is 10.1. The molecule has 0 aliphatic rings. The number of para-hydroxylation sites is 1. The zero-order valence-corrected chi connectivity index (χ0v) is 16.7. The van der Waals surface area contributed by atoms with E-state index in [4.69, 9.17) is 0 Å². The molecule has 0 unspecified atom stereocenters. The predicted molar refractivity (Wildman–Crippen MR) is 114 cm³/mol. The molecule has 7 heteroatoms. The van der Waals surface area contributed by atoms with Gasteiger partial charge in [-0.15, -0.1) is 0 Å². The molecule has 0 heterocycles. The van der Waals surface area contributed by atoms with Gasteiger partial charge in [-0.1, -0.05) is 36.4 Å². The van der Waals surface area contributed by atoms with Crippen molar-refractivity contribution in [2.24, 2.45) is 5.10 Å². The zero-order valence-electron chi connectivity index (χ0n) is 15.1. The van der Waals surface area contributed by atoms with Crippen LogP contribution in [0.4, 0.5) is 5.69 Å². The summed E-state index contributed by atoms with van der Waals surface area (Å²) in [5.74, 6) is -0.930. The average molecular weight is 440 g/mol. The fourth-order valence-corrected chi connectivity index (χ4v) is 3.03. The van der Waals surface area contributed by atoms with Crippen LogP contribution in [0.2, 0.25) is 0 Å². The fourth-order valence-electron chi connectivity index (χ4n) is 2.65. The average Bonchev–Trinajstić information content (AvgIpc) is 2.67. The Morgan fingerprint density at radius 3 is 2.39 bits per heavy atom. The Bertz CT molecular complexity index is 1080. The highest BCUT2D eigenvalue weighted by molar-refractivity contribution is 9.10. The van der Waals surface area contributed by atoms with Crippen LogP contribution in [-0.2, 0) is 4.79 Å². The maximum atomic E-state index is 12.4. The Balaban J connectivity index is 1.64. The Kier molecular flexibility index (Phi) is 6.06. The first-order chi connectivity index (χ1) is 13.4. The molecular formula is C21H18BrN3O3. The van der Waals surface area contributed by atoms with Gasteiger partial charge in [0.2, 0.25) is 5.91 Å². The van der Waals surface area contributed by atoms with Crippen molar-refractivity contribution >= 4 is 49.9 Å². The molecule has 0 bridgehead atoms. The largest absolute Gasteiger partial charge is 0.507 e. The Labute approximate surface area is 170 Å². The lowest BCUT2D eigenvalue weighted by molar-refractivity contribution is -0.115. The topological polar surface area (TPSA) is 90.8 Å². The van der Waals surface area contributed by atoms with E-state index in [2.05, 4.69) is 31.8 Å². The normalized spacial score (nSPS) is 11.3. The van der Waals surface area contributed by atoms with Crippen LogP contribution in [0, 0.1) is 0 Å². The van der Waals surface area contributed by atoms with E-state index >= 15 is 0 Å². The quantitative estimate of drug-likeness (QED) is 0.405. The number of carbonyl (C=O) groups is 2. The van der Waals surface area contributed by atoms with Gasteiger partial charge in [0.15, 0.2) is 0 Å². The number of nitrogens with zero attached hydrogens (tertiary/aromatic N) is 1. The van der Waals surface area contributed by atoms with Crippen molar-refractivity contribution in [1.29, 1.82) is 0 Å². The van der Waals surface area contributed by atoms with Crippen LogP contribution in [0.1, 0.15) is 23.7 Å². The summed E-state index contributed by atoms with van der Waals surface area (Å²) >= 11 is 3.36. The third-order valence-electron chi connectivity index (χ3n) is 4.02. The Morgan fingerprint density at radius 1 is 1.04 bits per heavy atom. The molecule has 0 fully saturated rings. The highest BCUT2D eigenvalue weighted by Crippen LogP contribution is 2.25. The summed E-state index contributed by atoms with van der Waals surface area (Å²) in [6.45, 7) is 1.64. The zero-order chi connectivity index (χ0) is 20.1. The van der Waals surface area contributed by atoms with Crippen LogP contribution in [0.15, 0.2) is 70.2 Å². The van der Waals surface area contributed by atoms with Gasteiger partial charge in [0.05, 0.1) is 17.7 Å². The molecule has 2 amide bonds. The summed E-state index contributed by atoms with van der Waals surface area (Å²) in [6, 6.07) is 17.8. The SMILES string of the molecule is CC(CC(=O)Nc1ccccc1Br)=NNC(=O)c1cc2ccccc2cc1O. The van der Waals surface area contributed by atoms with Crippen LogP contribution in [0.5, 0.6) is 5.75 Å². The second kappa shape index (κ2) is 8.67. The van der Waals surface area contributed by atoms with E-state index in [0.717, 1.165) is 15.2 Å². The monoisotopic (exact) mass is 439 g/mol. The number of amides is 2. The van der Waals surface area contributed by atoms with Crippen molar-refractivity contribution in [2.45, 2.75) is 13.3 Å². The van der Waals surface area contributed by atoms with E-state index in [1.807, 2.05) is 42.5 Å². The van der Waals surface area contributed by atoms with E-state index in [-0.39, 0.29) is 23.6 Å². The second-order valence-electron chi connectivity index (χ2n) is 6.21. The number of aromatic hydroxyl groups is 1. The molecule has 6 nitrogen and oxygen atoms in total. The minimum absolute atomic E-state index is 0.0192. The summed E-state index contributed by atoms with van der Waals surface area (Å²) in [6.07, 6.45) is 0.0192. The summed E-state index contributed by atoms with van der Waals surface area (Å²) in [4.78, 5) is 24.5. The second-order valence-corrected chi connectivity index (χ2v) is 7.06. The molecule has 3 N–H and O–H groups in total. The summed E-state index contributed by atoms with van der Waals surface area (Å²) in [5.41, 5.74) is 3.59. The predicted octanol–water partition coefficient (Wildman–Crippen LogP) is 4.44. The summed E-state index contributed by atoms with van der Waals surface area (Å²) < 4.78 is 0.776. The van der Waals surface area contributed by atoms with Crippen molar-refractivity contribution in [3.05, 3.63) is 70.7 Å². The van der Waals surface area contributed by atoms with Gasteiger partial charge in [-0.25, -0.2) is 5.43 Å². The molecule has 0 radical (unpaired) electrons. The van der Waals surface area contributed by atoms with Gasteiger partial charge in [-0.2, -0.15) is 5.10 Å². The van der Waals surface area contributed by atoms with E-state index < -0.39 is 5.91 Å². The number of halogens is 1. The van der Waals surface area contributed by atoms with Crippen molar-refractivity contribution in [2.75, 3.05) is 5.32 Å². The van der Waals surface area contributed by atoms with E-state index in [0.29, 0.717) is 11.4 Å². The highest BCUT2D eigenvalue weighted by Gasteiger charge is 2.13. The maximum absolute atomic E-state index is 12.4. The van der Waals surface area contributed by atoms with Crippen LogP contribution >= 0.6 is 15.9 Å². The molecule has 0 aliphatic heterocycles. The van der Waals surface area contributed by atoms with Gasteiger partial charge in [-0.05, 0) is 57.9 Å². The summed E-state index contributed by atoms with van der Waals surface area (Å²) in [5, 5.41) is 18.5. The number of anilines is 1. The number of phenols is 1. The summed E-state index contributed by atoms with van der Waals surface area (Å²) in [7, 11) is 0. The standard InChI is InChI=1S/C21H18BrN3O3/c1-13(10-20(27)23-18-9-5-4-8-17(18)22)24-25-21(28)16-11-14-6-2-3-7-15(14)12-19(16)26/h2-9,11-12,26H,10H2,1H3,(H,23,27)(H,25,28). The molecular weight excluding hydrogens is 422 g/mol. The number of fused-ring (bicyclic) bond motifs is 1.